The van der Waals surface area contributed by atoms with Crippen molar-refractivity contribution >= 4 is 5.91 Å². The van der Waals surface area contributed by atoms with Crippen molar-refractivity contribution in [1.29, 1.82) is 0 Å². The molecule has 0 saturated heterocycles. The van der Waals surface area contributed by atoms with Gasteiger partial charge in [0.1, 0.15) is 5.75 Å². The summed E-state index contributed by atoms with van der Waals surface area (Å²) in [5, 5.41) is 2.87. The van der Waals surface area contributed by atoms with Gasteiger partial charge in [-0.25, -0.2) is 0 Å². The molecule has 4 heteroatoms. The molecule has 1 aromatic carbocycles. The number of ether oxygens (including phenoxy) is 1. The van der Waals surface area contributed by atoms with E-state index in [0.717, 1.165) is 25.0 Å². The Morgan fingerprint density at radius 1 is 1.40 bits per heavy atom. The molecule has 0 aliphatic carbocycles. The number of carbonyl (C=O) groups is 1. The monoisotopic (exact) mass is 278 g/mol. The van der Waals surface area contributed by atoms with Crippen LogP contribution in [0.3, 0.4) is 0 Å². The van der Waals surface area contributed by atoms with Crippen LogP contribution in [0.5, 0.6) is 5.75 Å². The molecule has 1 atom stereocenters. The molecule has 0 aliphatic rings. The third-order valence-corrected chi connectivity index (χ3v) is 2.98. The van der Waals surface area contributed by atoms with Gasteiger partial charge in [-0.3, -0.25) is 4.79 Å². The van der Waals surface area contributed by atoms with E-state index in [1.165, 1.54) is 5.56 Å². The zero-order valence-corrected chi connectivity index (χ0v) is 12.5. The van der Waals surface area contributed by atoms with E-state index in [4.69, 9.17) is 10.5 Å². The molecular formula is C16H26N2O2. The summed E-state index contributed by atoms with van der Waals surface area (Å²) in [5.74, 6) is 0.993. The van der Waals surface area contributed by atoms with Crippen molar-refractivity contribution in [2.24, 2.45) is 5.73 Å². The first-order valence-electron chi connectivity index (χ1n) is 7.29. The summed E-state index contributed by atoms with van der Waals surface area (Å²) < 4.78 is 5.63. The Morgan fingerprint density at radius 3 is 2.90 bits per heavy atom. The largest absolute Gasteiger partial charge is 0.494 e. The van der Waals surface area contributed by atoms with Crippen LogP contribution in [-0.2, 0) is 4.79 Å². The quantitative estimate of drug-likeness (QED) is 0.682. The molecule has 0 radical (unpaired) electrons. The molecule has 4 nitrogen and oxygen atoms in total. The maximum atomic E-state index is 11.5. The van der Waals surface area contributed by atoms with Crippen molar-refractivity contribution in [3.8, 4) is 5.75 Å². The Bertz CT molecular complexity index is 405. The number of carbonyl (C=O) groups excluding carboxylic acids is 1. The van der Waals surface area contributed by atoms with E-state index in [-0.39, 0.29) is 11.9 Å². The molecule has 0 heterocycles. The minimum atomic E-state index is 0.0983. The molecule has 1 aromatic rings. The van der Waals surface area contributed by atoms with Crippen LogP contribution in [0, 0.1) is 6.92 Å². The van der Waals surface area contributed by atoms with Crippen LogP contribution in [0.2, 0.25) is 0 Å². The molecule has 0 bridgehead atoms. The van der Waals surface area contributed by atoms with Crippen LogP contribution in [0.15, 0.2) is 24.3 Å². The zero-order valence-electron chi connectivity index (χ0n) is 12.5. The first-order valence-corrected chi connectivity index (χ1v) is 7.29. The summed E-state index contributed by atoms with van der Waals surface area (Å²) in [6.07, 6.45) is 3.10. The van der Waals surface area contributed by atoms with Crippen LogP contribution in [0.4, 0.5) is 0 Å². The van der Waals surface area contributed by atoms with Gasteiger partial charge in [-0.1, -0.05) is 12.1 Å². The van der Waals surface area contributed by atoms with Crippen LogP contribution < -0.4 is 15.8 Å². The van der Waals surface area contributed by atoms with Crippen molar-refractivity contribution in [2.45, 2.75) is 45.6 Å². The number of unbranched alkanes of at least 4 members (excludes halogenated alkanes) is 1. The molecule has 0 saturated carbocycles. The highest BCUT2D eigenvalue weighted by Crippen LogP contribution is 2.12. The van der Waals surface area contributed by atoms with E-state index >= 15 is 0 Å². The Hall–Kier alpha value is -1.55. The van der Waals surface area contributed by atoms with Gasteiger partial charge < -0.3 is 15.8 Å². The predicted octanol–water partition coefficient (Wildman–Crippen LogP) is 2.40. The summed E-state index contributed by atoms with van der Waals surface area (Å²) in [7, 11) is 0. The van der Waals surface area contributed by atoms with E-state index in [0.29, 0.717) is 19.6 Å². The minimum absolute atomic E-state index is 0.0983. The van der Waals surface area contributed by atoms with Crippen molar-refractivity contribution < 1.29 is 9.53 Å². The first-order chi connectivity index (χ1) is 9.58. The van der Waals surface area contributed by atoms with Crippen LogP contribution >= 0.6 is 0 Å². The van der Waals surface area contributed by atoms with E-state index in [2.05, 4.69) is 5.32 Å². The summed E-state index contributed by atoms with van der Waals surface area (Å²) in [5.41, 5.74) is 6.81. The standard InChI is InChI=1S/C16H26N2O2/c1-13-6-5-7-15(12-13)20-11-4-3-8-16(19)18-10-9-14(2)17/h5-7,12,14H,3-4,8-11,17H2,1-2H3,(H,18,19). The molecule has 3 N–H and O–H groups in total. The SMILES string of the molecule is Cc1cccc(OCCCCC(=O)NCCC(C)N)c1. The normalized spacial score (nSPS) is 11.9. The van der Waals surface area contributed by atoms with Gasteiger partial charge >= 0.3 is 0 Å². The number of nitrogens with one attached hydrogen (secondary N) is 1. The fourth-order valence-electron chi connectivity index (χ4n) is 1.81. The maximum absolute atomic E-state index is 11.5. The van der Waals surface area contributed by atoms with E-state index in [1.807, 2.05) is 38.1 Å². The Kier molecular flexibility index (Phi) is 7.73. The van der Waals surface area contributed by atoms with Gasteiger partial charge in [0.15, 0.2) is 0 Å². The van der Waals surface area contributed by atoms with E-state index in [9.17, 15) is 4.79 Å². The van der Waals surface area contributed by atoms with Gasteiger partial charge in [-0.15, -0.1) is 0 Å². The third-order valence-electron chi connectivity index (χ3n) is 2.98. The van der Waals surface area contributed by atoms with Gasteiger partial charge in [-0.05, 0) is 50.8 Å². The summed E-state index contributed by atoms with van der Waals surface area (Å²) in [6.45, 7) is 5.29. The second-order valence-corrected chi connectivity index (χ2v) is 5.24. The highest BCUT2D eigenvalue weighted by molar-refractivity contribution is 5.75. The van der Waals surface area contributed by atoms with Crippen LogP contribution in [-0.4, -0.2) is 25.1 Å². The first kappa shape index (κ1) is 16.5. The minimum Gasteiger partial charge on any atom is -0.494 e. The Balaban J connectivity index is 2.03. The highest BCUT2D eigenvalue weighted by Gasteiger charge is 2.02. The van der Waals surface area contributed by atoms with Gasteiger partial charge in [0.05, 0.1) is 6.61 Å². The van der Waals surface area contributed by atoms with E-state index in [1.54, 1.807) is 0 Å². The Labute approximate surface area is 121 Å². The average Bonchev–Trinajstić information content (AvgIpc) is 2.38. The molecule has 20 heavy (non-hydrogen) atoms. The molecule has 1 rings (SSSR count). The fourth-order valence-corrected chi connectivity index (χ4v) is 1.81. The molecule has 0 fully saturated rings. The molecule has 1 unspecified atom stereocenters. The smallest absolute Gasteiger partial charge is 0.219 e. The van der Waals surface area contributed by atoms with Crippen LogP contribution in [0.1, 0.15) is 38.2 Å². The lowest BCUT2D eigenvalue weighted by Gasteiger charge is -2.08. The molecule has 0 aliphatic heterocycles. The summed E-state index contributed by atoms with van der Waals surface area (Å²) in [6, 6.07) is 8.13. The average molecular weight is 278 g/mol. The molecule has 112 valence electrons. The fraction of sp³-hybridized carbons (Fsp3) is 0.562. The number of hydrogen-bond donors (Lipinski definition) is 2. The number of benzene rings is 1. The third kappa shape index (κ3) is 7.79. The van der Waals surface area contributed by atoms with Gasteiger partial charge in [0.25, 0.3) is 0 Å². The second kappa shape index (κ2) is 9.37. The number of amides is 1. The lowest BCUT2D eigenvalue weighted by molar-refractivity contribution is -0.121. The number of aryl methyl sites for hydroxylation is 1. The summed E-state index contributed by atoms with van der Waals surface area (Å²) >= 11 is 0. The number of hydrogen-bond acceptors (Lipinski definition) is 3. The topological polar surface area (TPSA) is 64.3 Å². The molecular weight excluding hydrogens is 252 g/mol. The van der Waals surface area contributed by atoms with Gasteiger partial charge in [0, 0.05) is 19.0 Å². The van der Waals surface area contributed by atoms with Gasteiger partial charge in [-0.2, -0.15) is 0 Å². The lowest BCUT2D eigenvalue weighted by atomic mass is 10.2. The second-order valence-electron chi connectivity index (χ2n) is 5.24. The van der Waals surface area contributed by atoms with E-state index < -0.39 is 0 Å². The number of nitrogens with two attached hydrogens (primary N) is 1. The predicted molar refractivity (Wildman–Crippen MR) is 81.8 cm³/mol. The highest BCUT2D eigenvalue weighted by atomic mass is 16.5. The summed E-state index contributed by atoms with van der Waals surface area (Å²) in [4.78, 5) is 11.5. The maximum Gasteiger partial charge on any atom is 0.219 e. The Morgan fingerprint density at radius 2 is 2.20 bits per heavy atom. The van der Waals surface area contributed by atoms with Crippen LogP contribution in [0.25, 0.3) is 0 Å². The van der Waals surface area contributed by atoms with Crippen molar-refractivity contribution in [2.75, 3.05) is 13.2 Å². The van der Waals surface area contributed by atoms with Crippen molar-refractivity contribution in [1.82, 2.24) is 5.32 Å². The molecule has 0 spiro atoms. The molecule has 0 aromatic heterocycles. The van der Waals surface area contributed by atoms with Gasteiger partial charge in [0.2, 0.25) is 5.91 Å². The number of rotatable bonds is 9. The lowest BCUT2D eigenvalue weighted by Crippen LogP contribution is -2.28. The van der Waals surface area contributed by atoms with Crippen molar-refractivity contribution in [3.63, 3.8) is 0 Å². The van der Waals surface area contributed by atoms with Crippen molar-refractivity contribution in [3.05, 3.63) is 29.8 Å². The molecule has 1 amide bonds. The zero-order chi connectivity index (χ0) is 14.8.